The van der Waals surface area contributed by atoms with Crippen LogP contribution in [0.15, 0.2) is 42.5 Å². The van der Waals surface area contributed by atoms with Gasteiger partial charge in [-0.2, -0.15) is 0 Å². The molecule has 19 heavy (non-hydrogen) atoms. The first-order chi connectivity index (χ1) is 9.15. The molecule has 2 aromatic carbocycles. The molecule has 96 valence electrons. The number of ether oxygens (including phenoxy) is 1. The van der Waals surface area contributed by atoms with E-state index in [9.17, 15) is 9.18 Å². The molecular weight excluding hydrogens is 267 g/mol. The van der Waals surface area contributed by atoms with Crippen LogP contribution < -0.4 is 0 Å². The molecule has 0 saturated heterocycles. The lowest BCUT2D eigenvalue weighted by molar-refractivity contribution is 0.0253. The minimum absolute atomic E-state index is 0.0346. The number of rotatable bonds is 1. The van der Waals surface area contributed by atoms with Gasteiger partial charge < -0.3 is 4.74 Å². The predicted molar refractivity (Wildman–Crippen MR) is 69.7 cm³/mol. The second-order valence-electron chi connectivity index (χ2n) is 4.43. The molecule has 4 heteroatoms. The van der Waals surface area contributed by atoms with Crippen LogP contribution in [-0.2, 0) is 11.2 Å². The molecular formula is C15H10ClFO2. The van der Waals surface area contributed by atoms with Crippen LogP contribution in [0.5, 0.6) is 0 Å². The Hall–Kier alpha value is -1.87. The smallest absolute Gasteiger partial charge is 0.339 e. The third-order valence-electron chi connectivity index (χ3n) is 3.21. The first-order valence-electron chi connectivity index (χ1n) is 5.89. The summed E-state index contributed by atoms with van der Waals surface area (Å²) < 4.78 is 18.5. The minimum atomic E-state index is -0.479. The lowest BCUT2D eigenvalue weighted by Gasteiger charge is -2.25. The Bertz CT molecular complexity index is 654. The van der Waals surface area contributed by atoms with Crippen LogP contribution in [0, 0.1) is 5.82 Å². The standard InChI is InChI=1S/C15H10ClFO2/c16-12-7-10(5-6-13(12)17)14-8-9-3-1-2-4-11(9)15(18)19-14/h1-7,14H,8H2. The molecule has 0 amide bonds. The van der Waals surface area contributed by atoms with Crippen molar-refractivity contribution in [2.45, 2.75) is 12.5 Å². The number of carbonyl (C=O) groups excluding carboxylic acids is 1. The summed E-state index contributed by atoms with van der Waals surface area (Å²) in [5.74, 6) is -0.833. The average Bonchev–Trinajstić information content (AvgIpc) is 2.42. The normalized spacial score (nSPS) is 17.8. The van der Waals surface area contributed by atoms with Gasteiger partial charge in [0.1, 0.15) is 11.9 Å². The number of fused-ring (bicyclic) bond motifs is 1. The fraction of sp³-hybridized carbons (Fsp3) is 0.133. The van der Waals surface area contributed by atoms with Gasteiger partial charge in [-0.3, -0.25) is 0 Å². The van der Waals surface area contributed by atoms with E-state index in [2.05, 4.69) is 0 Å². The quantitative estimate of drug-likeness (QED) is 0.738. The number of halogens is 2. The molecule has 1 heterocycles. The molecule has 0 spiro atoms. The Balaban J connectivity index is 1.96. The molecule has 0 aromatic heterocycles. The van der Waals surface area contributed by atoms with Crippen LogP contribution in [0.2, 0.25) is 5.02 Å². The molecule has 1 atom stereocenters. The Labute approximate surface area is 114 Å². The van der Waals surface area contributed by atoms with Crippen LogP contribution in [0.3, 0.4) is 0 Å². The lowest BCUT2D eigenvalue weighted by Crippen LogP contribution is -2.21. The summed E-state index contributed by atoms with van der Waals surface area (Å²) in [5.41, 5.74) is 2.23. The van der Waals surface area contributed by atoms with Crippen LogP contribution >= 0.6 is 11.6 Å². The summed E-state index contributed by atoms with van der Waals surface area (Å²) in [4.78, 5) is 11.9. The van der Waals surface area contributed by atoms with Crippen LogP contribution in [-0.4, -0.2) is 5.97 Å². The van der Waals surface area contributed by atoms with Crippen molar-refractivity contribution < 1.29 is 13.9 Å². The van der Waals surface area contributed by atoms with Crippen molar-refractivity contribution in [2.75, 3.05) is 0 Å². The summed E-state index contributed by atoms with van der Waals surface area (Å²) in [7, 11) is 0. The summed E-state index contributed by atoms with van der Waals surface area (Å²) in [6, 6.07) is 11.7. The van der Waals surface area contributed by atoms with Gasteiger partial charge in [0.15, 0.2) is 0 Å². The highest BCUT2D eigenvalue weighted by molar-refractivity contribution is 6.30. The fourth-order valence-corrected chi connectivity index (χ4v) is 2.42. The number of esters is 1. The summed E-state index contributed by atoms with van der Waals surface area (Å²) in [6.07, 6.45) is 0.157. The van der Waals surface area contributed by atoms with Gasteiger partial charge >= 0.3 is 5.97 Å². The molecule has 1 aliphatic heterocycles. The van der Waals surface area contributed by atoms with Crippen LogP contribution in [0.4, 0.5) is 4.39 Å². The second-order valence-corrected chi connectivity index (χ2v) is 4.84. The van der Waals surface area contributed by atoms with Gasteiger partial charge in [-0.15, -0.1) is 0 Å². The molecule has 1 aliphatic rings. The number of carbonyl (C=O) groups is 1. The molecule has 0 saturated carbocycles. The largest absolute Gasteiger partial charge is 0.454 e. The zero-order chi connectivity index (χ0) is 13.4. The van der Waals surface area contributed by atoms with Crippen molar-refractivity contribution in [2.24, 2.45) is 0 Å². The lowest BCUT2D eigenvalue weighted by atomic mass is 9.95. The SMILES string of the molecule is O=C1OC(c2ccc(F)c(Cl)c2)Cc2ccccc21. The molecule has 2 aromatic rings. The van der Waals surface area contributed by atoms with Gasteiger partial charge in [0.25, 0.3) is 0 Å². The number of hydrogen-bond donors (Lipinski definition) is 0. The first-order valence-corrected chi connectivity index (χ1v) is 6.27. The van der Waals surface area contributed by atoms with Gasteiger partial charge in [0.2, 0.25) is 0 Å². The Morgan fingerprint density at radius 2 is 2.00 bits per heavy atom. The van der Waals surface area contributed by atoms with Gasteiger partial charge in [0.05, 0.1) is 10.6 Å². The van der Waals surface area contributed by atoms with Crippen molar-refractivity contribution in [3.05, 3.63) is 70.0 Å². The van der Waals surface area contributed by atoms with Crippen LogP contribution in [0.25, 0.3) is 0 Å². The Morgan fingerprint density at radius 1 is 1.21 bits per heavy atom. The number of cyclic esters (lactones) is 1. The van der Waals surface area contributed by atoms with Gasteiger partial charge in [-0.25, -0.2) is 9.18 Å². The van der Waals surface area contributed by atoms with E-state index in [1.807, 2.05) is 12.1 Å². The zero-order valence-corrected chi connectivity index (χ0v) is 10.7. The monoisotopic (exact) mass is 276 g/mol. The zero-order valence-electron chi connectivity index (χ0n) is 9.90. The highest BCUT2D eigenvalue weighted by atomic mass is 35.5. The number of benzene rings is 2. The summed E-state index contributed by atoms with van der Waals surface area (Å²) in [6.45, 7) is 0. The van der Waals surface area contributed by atoms with E-state index in [0.29, 0.717) is 17.5 Å². The summed E-state index contributed by atoms with van der Waals surface area (Å²) in [5, 5.41) is 0.0346. The van der Waals surface area contributed by atoms with E-state index in [4.69, 9.17) is 16.3 Å². The van der Waals surface area contributed by atoms with Crippen molar-refractivity contribution in [3.63, 3.8) is 0 Å². The van der Waals surface area contributed by atoms with E-state index >= 15 is 0 Å². The third-order valence-corrected chi connectivity index (χ3v) is 3.50. The number of hydrogen-bond acceptors (Lipinski definition) is 2. The highest BCUT2D eigenvalue weighted by Crippen LogP contribution is 2.31. The van der Waals surface area contributed by atoms with E-state index < -0.39 is 11.9 Å². The third kappa shape index (κ3) is 2.22. The van der Waals surface area contributed by atoms with Crippen LogP contribution in [0.1, 0.15) is 27.6 Å². The van der Waals surface area contributed by atoms with E-state index in [0.717, 1.165) is 5.56 Å². The van der Waals surface area contributed by atoms with Crippen molar-refractivity contribution in [3.8, 4) is 0 Å². The molecule has 0 N–H and O–H groups in total. The van der Waals surface area contributed by atoms with Crippen molar-refractivity contribution >= 4 is 17.6 Å². The Morgan fingerprint density at radius 3 is 2.79 bits per heavy atom. The molecule has 0 fully saturated rings. The maximum Gasteiger partial charge on any atom is 0.339 e. The first kappa shape index (κ1) is 12.2. The highest BCUT2D eigenvalue weighted by Gasteiger charge is 2.27. The van der Waals surface area contributed by atoms with E-state index in [-0.39, 0.29) is 11.0 Å². The van der Waals surface area contributed by atoms with Crippen molar-refractivity contribution in [1.29, 1.82) is 0 Å². The molecule has 2 nitrogen and oxygen atoms in total. The minimum Gasteiger partial charge on any atom is -0.454 e. The van der Waals surface area contributed by atoms with Gasteiger partial charge in [0, 0.05) is 6.42 Å². The average molecular weight is 277 g/mol. The predicted octanol–water partition coefficient (Wildman–Crippen LogP) is 3.93. The maximum absolute atomic E-state index is 13.1. The van der Waals surface area contributed by atoms with E-state index in [1.165, 1.54) is 12.1 Å². The van der Waals surface area contributed by atoms with Crippen molar-refractivity contribution in [1.82, 2.24) is 0 Å². The molecule has 0 bridgehead atoms. The van der Waals surface area contributed by atoms with Gasteiger partial charge in [-0.1, -0.05) is 35.9 Å². The topological polar surface area (TPSA) is 26.3 Å². The molecule has 3 rings (SSSR count). The molecule has 1 unspecified atom stereocenters. The van der Waals surface area contributed by atoms with E-state index in [1.54, 1.807) is 18.2 Å². The molecule has 0 radical (unpaired) electrons. The van der Waals surface area contributed by atoms with Gasteiger partial charge in [-0.05, 0) is 29.3 Å². The second kappa shape index (κ2) is 4.67. The fourth-order valence-electron chi connectivity index (χ4n) is 2.23. The molecule has 0 aliphatic carbocycles. The maximum atomic E-state index is 13.1. The summed E-state index contributed by atoms with van der Waals surface area (Å²) >= 11 is 5.75. The Kier molecular flexibility index (Phi) is 2.99.